The smallest absolute Gasteiger partial charge is 0.132 e. The van der Waals surface area contributed by atoms with Crippen LogP contribution in [0.4, 0.5) is 0 Å². The molecular weight excluding hydrogens is 355 g/mol. The van der Waals surface area contributed by atoms with Crippen LogP contribution in [0.5, 0.6) is 5.75 Å². The Hall–Kier alpha value is -0.680. The number of ether oxygens (including phenoxy) is 1. The molecule has 2 aromatic rings. The van der Waals surface area contributed by atoms with Crippen molar-refractivity contribution in [1.29, 1.82) is 0 Å². The van der Waals surface area contributed by atoms with Crippen LogP contribution in [0.15, 0.2) is 54.6 Å². The van der Waals surface area contributed by atoms with E-state index in [0.29, 0.717) is 12.5 Å². The third-order valence-electron chi connectivity index (χ3n) is 2.77. The van der Waals surface area contributed by atoms with Crippen LogP contribution in [-0.2, 0) is 0 Å². The van der Waals surface area contributed by atoms with Gasteiger partial charge in [0.05, 0.1) is 10.2 Å². The predicted octanol–water partition coefficient (Wildman–Crippen LogP) is 4.38. The lowest BCUT2D eigenvalue weighted by Gasteiger charge is -2.16. The molecule has 18 heavy (non-hydrogen) atoms. The molecule has 0 aliphatic rings. The molecule has 0 aliphatic carbocycles. The molecule has 94 valence electrons. The van der Waals surface area contributed by atoms with E-state index >= 15 is 0 Å². The molecule has 1 unspecified atom stereocenters. The molecule has 0 bridgehead atoms. The summed E-state index contributed by atoms with van der Waals surface area (Å²) < 4.78 is 7.03. The molecule has 0 heterocycles. The Labute approximate surface area is 127 Å². The molecule has 0 N–H and O–H groups in total. The van der Waals surface area contributed by atoms with Gasteiger partial charge in [-0.05, 0) is 40.3 Å². The number of thiol groups is 1. The molecule has 2 rings (SSSR count). The molecule has 0 saturated heterocycles. The topological polar surface area (TPSA) is 9.23 Å². The Morgan fingerprint density at radius 3 is 2.33 bits per heavy atom. The third-order valence-corrected chi connectivity index (χ3v) is 4.10. The first-order valence-corrected chi connectivity index (χ1v) is 7.55. The lowest BCUT2D eigenvalue weighted by Crippen LogP contribution is -2.12. The van der Waals surface area contributed by atoms with Crippen LogP contribution in [0.3, 0.4) is 0 Å². The van der Waals surface area contributed by atoms with Crippen LogP contribution in [-0.4, -0.2) is 12.4 Å². The van der Waals surface area contributed by atoms with E-state index in [1.807, 2.05) is 30.3 Å². The van der Waals surface area contributed by atoms with Crippen LogP contribution in [0, 0.1) is 3.57 Å². The van der Waals surface area contributed by atoms with Gasteiger partial charge in [-0.2, -0.15) is 12.6 Å². The SMILES string of the molecule is SCC(COc1ccccc1I)c1ccccc1. The quantitative estimate of drug-likeness (QED) is 0.607. The fourth-order valence-corrected chi connectivity index (χ4v) is 2.59. The lowest BCUT2D eigenvalue weighted by molar-refractivity contribution is 0.296. The number of benzene rings is 2. The van der Waals surface area contributed by atoms with E-state index in [0.717, 1.165) is 15.1 Å². The highest BCUT2D eigenvalue weighted by Crippen LogP contribution is 2.23. The van der Waals surface area contributed by atoms with Gasteiger partial charge < -0.3 is 4.74 Å². The standard InChI is InChI=1S/C15H15IOS/c16-14-8-4-5-9-15(14)17-10-13(11-18)12-6-2-1-3-7-12/h1-9,13,18H,10-11H2. The van der Waals surface area contributed by atoms with Crippen LogP contribution in [0.1, 0.15) is 11.5 Å². The zero-order chi connectivity index (χ0) is 12.8. The molecular formula is C15H15IOS. The number of hydrogen-bond donors (Lipinski definition) is 1. The summed E-state index contributed by atoms with van der Waals surface area (Å²) in [6, 6.07) is 18.4. The van der Waals surface area contributed by atoms with Crippen molar-refractivity contribution in [3.63, 3.8) is 0 Å². The second kappa shape index (κ2) is 7.04. The summed E-state index contributed by atoms with van der Waals surface area (Å²) >= 11 is 6.71. The highest BCUT2D eigenvalue weighted by molar-refractivity contribution is 14.1. The van der Waals surface area contributed by atoms with Gasteiger partial charge >= 0.3 is 0 Å². The van der Waals surface area contributed by atoms with E-state index in [4.69, 9.17) is 4.74 Å². The van der Waals surface area contributed by atoms with Crippen molar-refractivity contribution in [2.75, 3.05) is 12.4 Å². The van der Waals surface area contributed by atoms with Gasteiger partial charge in [0.1, 0.15) is 5.75 Å². The maximum Gasteiger partial charge on any atom is 0.132 e. The highest BCUT2D eigenvalue weighted by Gasteiger charge is 2.11. The van der Waals surface area contributed by atoms with Crippen molar-refractivity contribution in [3.8, 4) is 5.75 Å². The van der Waals surface area contributed by atoms with E-state index in [-0.39, 0.29) is 0 Å². The van der Waals surface area contributed by atoms with E-state index in [9.17, 15) is 0 Å². The summed E-state index contributed by atoms with van der Waals surface area (Å²) in [5.41, 5.74) is 1.28. The van der Waals surface area contributed by atoms with Crippen molar-refractivity contribution in [3.05, 3.63) is 63.7 Å². The second-order valence-electron chi connectivity index (χ2n) is 4.03. The number of rotatable bonds is 5. The van der Waals surface area contributed by atoms with Crippen LogP contribution < -0.4 is 4.74 Å². The van der Waals surface area contributed by atoms with Gasteiger partial charge in [-0.3, -0.25) is 0 Å². The molecule has 1 nitrogen and oxygen atoms in total. The maximum atomic E-state index is 5.89. The molecule has 0 fully saturated rings. The fourth-order valence-electron chi connectivity index (χ4n) is 1.73. The van der Waals surface area contributed by atoms with E-state index in [1.54, 1.807) is 0 Å². The average molecular weight is 370 g/mol. The Morgan fingerprint density at radius 2 is 1.67 bits per heavy atom. The number of hydrogen-bond acceptors (Lipinski definition) is 2. The lowest BCUT2D eigenvalue weighted by atomic mass is 10.0. The summed E-state index contributed by atoms with van der Waals surface area (Å²) in [6.07, 6.45) is 0. The minimum atomic E-state index is 0.325. The molecule has 0 saturated carbocycles. The molecule has 0 aliphatic heterocycles. The summed E-state index contributed by atoms with van der Waals surface area (Å²) in [7, 11) is 0. The van der Waals surface area contributed by atoms with E-state index < -0.39 is 0 Å². The van der Waals surface area contributed by atoms with Gasteiger partial charge in [-0.25, -0.2) is 0 Å². The molecule has 2 aromatic carbocycles. The fraction of sp³-hybridized carbons (Fsp3) is 0.200. The third kappa shape index (κ3) is 3.65. The Bertz CT molecular complexity index is 487. The Kier molecular flexibility index (Phi) is 5.38. The highest BCUT2D eigenvalue weighted by atomic mass is 127. The first-order chi connectivity index (χ1) is 8.81. The van der Waals surface area contributed by atoms with E-state index in [2.05, 4.69) is 59.5 Å². The first kappa shape index (κ1) is 13.7. The Balaban J connectivity index is 2.02. The minimum Gasteiger partial charge on any atom is -0.492 e. The van der Waals surface area contributed by atoms with Crippen molar-refractivity contribution in [2.24, 2.45) is 0 Å². The second-order valence-corrected chi connectivity index (χ2v) is 5.56. The number of halogens is 1. The molecule has 0 spiro atoms. The monoisotopic (exact) mass is 370 g/mol. The largest absolute Gasteiger partial charge is 0.492 e. The summed E-state index contributed by atoms with van der Waals surface area (Å²) in [5.74, 6) is 2.05. The molecule has 0 aromatic heterocycles. The maximum absolute atomic E-state index is 5.89. The van der Waals surface area contributed by atoms with Crippen molar-refractivity contribution in [2.45, 2.75) is 5.92 Å². The molecule has 0 amide bonds. The van der Waals surface area contributed by atoms with Crippen molar-refractivity contribution < 1.29 is 4.74 Å². The van der Waals surface area contributed by atoms with Crippen LogP contribution in [0.2, 0.25) is 0 Å². The van der Waals surface area contributed by atoms with Gasteiger partial charge in [-0.1, -0.05) is 42.5 Å². The Morgan fingerprint density at radius 1 is 1.00 bits per heavy atom. The normalized spacial score (nSPS) is 12.1. The predicted molar refractivity (Wildman–Crippen MR) is 87.7 cm³/mol. The summed E-state index contributed by atoms with van der Waals surface area (Å²) in [5, 5.41) is 0. The zero-order valence-corrected chi connectivity index (χ0v) is 13.0. The average Bonchev–Trinajstić information content (AvgIpc) is 2.42. The molecule has 1 atom stereocenters. The zero-order valence-electron chi connectivity index (χ0n) is 9.92. The van der Waals surface area contributed by atoms with Crippen molar-refractivity contribution >= 4 is 35.2 Å². The van der Waals surface area contributed by atoms with Gasteiger partial charge in [-0.15, -0.1) is 0 Å². The summed E-state index contributed by atoms with van der Waals surface area (Å²) in [6.45, 7) is 0.660. The first-order valence-electron chi connectivity index (χ1n) is 5.84. The summed E-state index contributed by atoms with van der Waals surface area (Å²) in [4.78, 5) is 0. The van der Waals surface area contributed by atoms with Gasteiger partial charge in [0.2, 0.25) is 0 Å². The van der Waals surface area contributed by atoms with E-state index in [1.165, 1.54) is 5.56 Å². The van der Waals surface area contributed by atoms with Crippen LogP contribution in [0.25, 0.3) is 0 Å². The molecule has 0 radical (unpaired) electrons. The van der Waals surface area contributed by atoms with Crippen LogP contribution >= 0.6 is 35.2 Å². The van der Waals surface area contributed by atoms with Crippen molar-refractivity contribution in [1.82, 2.24) is 0 Å². The van der Waals surface area contributed by atoms with Gasteiger partial charge in [0.15, 0.2) is 0 Å². The van der Waals surface area contributed by atoms with Gasteiger partial charge in [0.25, 0.3) is 0 Å². The minimum absolute atomic E-state index is 0.325. The molecule has 3 heteroatoms. The number of para-hydroxylation sites is 1. The van der Waals surface area contributed by atoms with Gasteiger partial charge in [0, 0.05) is 11.7 Å².